The Labute approximate surface area is 204 Å². The largest absolute Gasteiger partial charge is 0.435 e. The Bertz CT molecular complexity index is 1260. The molecule has 1 unspecified atom stereocenters. The number of oxime groups is 1. The van der Waals surface area contributed by atoms with Gasteiger partial charge in [0.1, 0.15) is 6.42 Å². The van der Waals surface area contributed by atoms with Crippen molar-refractivity contribution in [2.45, 2.75) is 36.5 Å². The van der Waals surface area contributed by atoms with Crippen molar-refractivity contribution in [2.24, 2.45) is 5.16 Å². The van der Waals surface area contributed by atoms with E-state index in [0.29, 0.717) is 12.1 Å². The molecule has 2 aliphatic heterocycles. The number of nitrogens with zero attached hydrogens (tertiary/aromatic N) is 3. The van der Waals surface area contributed by atoms with Crippen LogP contribution in [-0.4, -0.2) is 35.8 Å². The van der Waals surface area contributed by atoms with Crippen LogP contribution in [0.1, 0.15) is 35.1 Å². The van der Waals surface area contributed by atoms with Crippen molar-refractivity contribution in [3.05, 3.63) is 69.7 Å². The second-order valence-electron chi connectivity index (χ2n) is 8.48. The van der Waals surface area contributed by atoms with Crippen molar-refractivity contribution in [3.63, 3.8) is 0 Å². The quantitative estimate of drug-likeness (QED) is 0.462. The van der Waals surface area contributed by atoms with Crippen molar-refractivity contribution in [3.8, 4) is 6.07 Å². The fraction of sp³-hybridized carbons (Fsp3) is 0.348. The highest BCUT2D eigenvalue weighted by molar-refractivity contribution is 6.30. The number of benzene rings is 2. The maximum Gasteiger partial charge on any atom is 0.435 e. The average molecular weight is 534 g/mol. The van der Waals surface area contributed by atoms with Crippen LogP contribution in [0.15, 0.2) is 47.6 Å². The molecule has 0 aromatic heterocycles. The van der Waals surface area contributed by atoms with Gasteiger partial charge in [0.2, 0.25) is 5.91 Å². The van der Waals surface area contributed by atoms with Gasteiger partial charge in [0, 0.05) is 17.0 Å². The number of amides is 1. The Morgan fingerprint density at radius 2 is 1.72 bits per heavy atom. The molecule has 1 amide bonds. The topological polar surface area (TPSA) is 65.7 Å². The SMILES string of the molecule is N#CCC(=O)N1CC(F)(c2ccc(C3=NOC(c4cc(Cl)cc(C(F)(F)F)c4)(C(F)(F)F)C3)cc2)C1. The minimum Gasteiger partial charge on any atom is -0.374 e. The van der Waals surface area contributed by atoms with Crippen LogP contribution in [0.5, 0.6) is 0 Å². The molecule has 1 atom stereocenters. The second-order valence-corrected chi connectivity index (χ2v) is 8.92. The number of hydrogen-bond acceptors (Lipinski definition) is 4. The van der Waals surface area contributed by atoms with E-state index in [4.69, 9.17) is 21.7 Å². The standard InChI is InChI=1S/C23H15ClF7N3O2/c24-17-8-15(7-16(9-17)22(26,27)28)21(23(29,30)31)10-18(33-36-21)13-1-3-14(4-2-13)20(25)11-34(12-20)19(35)5-6-32/h1-4,7-9H,5,10-12H2. The van der Waals surface area contributed by atoms with E-state index in [-0.39, 0.29) is 36.3 Å². The van der Waals surface area contributed by atoms with Crippen molar-refractivity contribution in [1.29, 1.82) is 5.26 Å². The highest BCUT2D eigenvalue weighted by Gasteiger charge is 2.62. The number of hydrogen-bond donors (Lipinski definition) is 0. The third-order valence-corrected chi connectivity index (χ3v) is 6.30. The van der Waals surface area contributed by atoms with Crippen LogP contribution >= 0.6 is 11.6 Å². The van der Waals surface area contributed by atoms with Gasteiger partial charge in [-0.2, -0.15) is 31.6 Å². The smallest absolute Gasteiger partial charge is 0.374 e. The Morgan fingerprint density at radius 1 is 1.08 bits per heavy atom. The molecule has 2 aromatic rings. The molecule has 36 heavy (non-hydrogen) atoms. The molecule has 1 fully saturated rings. The van der Waals surface area contributed by atoms with Crippen molar-refractivity contribution >= 4 is 23.2 Å². The molecule has 2 aromatic carbocycles. The van der Waals surface area contributed by atoms with E-state index in [1.54, 1.807) is 6.07 Å². The molecule has 0 radical (unpaired) electrons. The van der Waals surface area contributed by atoms with E-state index in [1.807, 2.05) is 0 Å². The zero-order valence-electron chi connectivity index (χ0n) is 18.1. The average Bonchev–Trinajstić information content (AvgIpc) is 3.23. The molecule has 1 saturated heterocycles. The van der Waals surface area contributed by atoms with Gasteiger partial charge in [-0.15, -0.1) is 0 Å². The van der Waals surface area contributed by atoms with Crippen molar-refractivity contribution in [2.75, 3.05) is 13.1 Å². The molecule has 0 N–H and O–H groups in total. The van der Waals surface area contributed by atoms with Gasteiger partial charge in [-0.05, 0) is 29.3 Å². The van der Waals surface area contributed by atoms with Gasteiger partial charge in [-0.3, -0.25) is 4.79 Å². The molecule has 2 aliphatic rings. The summed E-state index contributed by atoms with van der Waals surface area (Å²) in [5, 5.41) is 11.5. The lowest BCUT2D eigenvalue weighted by Crippen LogP contribution is -2.58. The molecule has 5 nitrogen and oxygen atoms in total. The third kappa shape index (κ3) is 4.48. The van der Waals surface area contributed by atoms with Gasteiger partial charge in [0.15, 0.2) is 5.67 Å². The van der Waals surface area contributed by atoms with E-state index in [9.17, 15) is 31.1 Å². The zero-order valence-corrected chi connectivity index (χ0v) is 18.8. The molecule has 0 aliphatic carbocycles. The summed E-state index contributed by atoms with van der Waals surface area (Å²) >= 11 is 5.69. The number of rotatable bonds is 4. The van der Waals surface area contributed by atoms with Gasteiger partial charge in [0.05, 0.1) is 30.4 Å². The summed E-state index contributed by atoms with van der Waals surface area (Å²) in [6.07, 6.45) is -11.4. The summed E-state index contributed by atoms with van der Waals surface area (Å²) in [6.45, 7) is -0.547. The fourth-order valence-corrected chi connectivity index (χ4v) is 4.34. The van der Waals surface area contributed by atoms with Crippen LogP contribution in [-0.2, 0) is 27.1 Å². The Balaban J connectivity index is 1.58. The summed E-state index contributed by atoms with van der Waals surface area (Å²) in [5.41, 5.74) is -7.22. The molecular formula is C23H15ClF7N3O2. The van der Waals surface area contributed by atoms with E-state index in [1.165, 1.54) is 29.2 Å². The second kappa shape index (κ2) is 8.65. The maximum absolute atomic E-state index is 15.1. The van der Waals surface area contributed by atoms with Crippen LogP contribution in [0, 0.1) is 11.3 Å². The Kier molecular flexibility index (Phi) is 6.19. The van der Waals surface area contributed by atoms with Crippen molar-refractivity contribution < 1.29 is 40.4 Å². The molecule has 2 heterocycles. The predicted molar refractivity (Wildman–Crippen MR) is 112 cm³/mol. The van der Waals surface area contributed by atoms with E-state index in [0.717, 1.165) is 6.07 Å². The first-order valence-electron chi connectivity index (χ1n) is 10.3. The highest BCUT2D eigenvalue weighted by atomic mass is 35.5. The molecule has 4 rings (SSSR count). The monoisotopic (exact) mass is 533 g/mol. The van der Waals surface area contributed by atoms with E-state index < -0.39 is 52.1 Å². The summed E-state index contributed by atoms with van der Waals surface area (Å²) in [4.78, 5) is 17.6. The number of nitriles is 1. The van der Waals surface area contributed by atoms with Crippen LogP contribution in [0.25, 0.3) is 0 Å². The lowest BCUT2D eigenvalue weighted by molar-refractivity contribution is -0.276. The van der Waals surface area contributed by atoms with Crippen LogP contribution in [0.3, 0.4) is 0 Å². The van der Waals surface area contributed by atoms with Gasteiger partial charge >= 0.3 is 12.4 Å². The van der Waals surface area contributed by atoms with Crippen LogP contribution in [0.4, 0.5) is 30.7 Å². The third-order valence-electron chi connectivity index (χ3n) is 6.08. The molecule has 0 bridgehead atoms. The summed E-state index contributed by atoms with van der Waals surface area (Å²) in [6, 6.07) is 8.51. The molecule has 0 saturated carbocycles. The number of halogens is 8. The lowest BCUT2D eigenvalue weighted by atomic mass is 9.84. The number of carbonyl (C=O) groups is 1. The normalized spacial score (nSPS) is 21.3. The van der Waals surface area contributed by atoms with Gasteiger partial charge in [-0.1, -0.05) is 41.0 Å². The highest BCUT2D eigenvalue weighted by Crippen LogP contribution is 2.50. The first kappa shape index (κ1) is 25.8. The Morgan fingerprint density at radius 3 is 2.28 bits per heavy atom. The minimum absolute atomic E-state index is 0.142. The molecule has 190 valence electrons. The van der Waals surface area contributed by atoms with Gasteiger partial charge < -0.3 is 9.74 Å². The first-order valence-corrected chi connectivity index (χ1v) is 10.7. The van der Waals surface area contributed by atoms with Crippen molar-refractivity contribution in [1.82, 2.24) is 4.90 Å². The summed E-state index contributed by atoms with van der Waals surface area (Å²) < 4.78 is 97.1. The van der Waals surface area contributed by atoms with Crippen LogP contribution in [0.2, 0.25) is 5.02 Å². The van der Waals surface area contributed by atoms with E-state index >= 15 is 4.39 Å². The van der Waals surface area contributed by atoms with Gasteiger partial charge in [-0.25, -0.2) is 4.39 Å². The van der Waals surface area contributed by atoms with Gasteiger partial charge in [0.25, 0.3) is 5.60 Å². The van der Waals surface area contributed by atoms with E-state index in [2.05, 4.69) is 5.16 Å². The molecule has 13 heteroatoms. The lowest BCUT2D eigenvalue weighted by Gasteiger charge is -2.44. The maximum atomic E-state index is 15.1. The van der Waals surface area contributed by atoms with Crippen LogP contribution < -0.4 is 0 Å². The zero-order chi connectivity index (χ0) is 26.5. The predicted octanol–water partition coefficient (Wildman–Crippen LogP) is 5.86. The minimum atomic E-state index is -5.15. The number of alkyl halides is 7. The molecular weight excluding hydrogens is 519 g/mol. The summed E-state index contributed by atoms with van der Waals surface area (Å²) in [5.74, 6) is -0.516. The Hall–Kier alpha value is -3.33. The number of carbonyl (C=O) groups excluding carboxylic acids is 1. The number of likely N-dealkylation sites (tertiary alicyclic amines) is 1. The first-order chi connectivity index (χ1) is 16.7. The summed E-state index contributed by atoms with van der Waals surface area (Å²) in [7, 11) is 0. The molecule has 0 spiro atoms. The fourth-order valence-electron chi connectivity index (χ4n) is 4.10.